The van der Waals surface area contributed by atoms with Gasteiger partial charge in [-0.05, 0) is 18.2 Å². The average molecular weight is 281 g/mol. The predicted octanol–water partition coefficient (Wildman–Crippen LogP) is 2.28. The summed E-state index contributed by atoms with van der Waals surface area (Å²) >= 11 is 0. The lowest BCUT2D eigenvalue weighted by Gasteiger charge is -2.12. The highest BCUT2D eigenvalue weighted by atomic mass is 16.5. The molecular weight excluding hydrogens is 266 g/mol. The quantitative estimate of drug-likeness (QED) is 0.777. The van der Waals surface area contributed by atoms with Crippen LogP contribution >= 0.6 is 0 Å². The lowest BCUT2D eigenvalue weighted by Crippen LogP contribution is -2.07. The highest BCUT2D eigenvalue weighted by Crippen LogP contribution is 2.21. The Morgan fingerprint density at radius 2 is 2.10 bits per heavy atom. The van der Waals surface area contributed by atoms with E-state index in [9.17, 15) is 0 Å². The van der Waals surface area contributed by atoms with Crippen molar-refractivity contribution in [1.29, 1.82) is 0 Å². The van der Waals surface area contributed by atoms with Crippen LogP contribution in [0.5, 0.6) is 5.75 Å². The van der Waals surface area contributed by atoms with Crippen molar-refractivity contribution in [3.63, 3.8) is 0 Å². The number of ether oxygens (including phenoxy) is 1. The molecular formula is C15H15N5O. The van der Waals surface area contributed by atoms with Crippen molar-refractivity contribution < 1.29 is 4.74 Å². The molecule has 0 aliphatic rings. The van der Waals surface area contributed by atoms with Crippen LogP contribution in [0.2, 0.25) is 0 Å². The van der Waals surface area contributed by atoms with Gasteiger partial charge in [0.15, 0.2) is 5.82 Å². The SMILES string of the molecule is COc1ccccc1CNc1cccnc1-n1cncn1. The molecule has 0 saturated carbocycles. The number of aromatic nitrogens is 4. The van der Waals surface area contributed by atoms with Gasteiger partial charge < -0.3 is 10.1 Å². The van der Waals surface area contributed by atoms with E-state index in [1.165, 1.54) is 6.33 Å². The largest absolute Gasteiger partial charge is 0.496 e. The van der Waals surface area contributed by atoms with Gasteiger partial charge in [-0.2, -0.15) is 5.10 Å². The van der Waals surface area contributed by atoms with E-state index in [4.69, 9.17) is 4.74 Å². The minimum Gasteiger partial charge on any atom is -0.496 e. The Labute approximate surface area is 122 Å². The number of benzene rings is 1. The highest BCUT2D eigenvalue weighted by Gasteiger charge is 2.07. The molecule has 1 aromatic carbocycles. The summed E-state index contributed by atoms with van der Waals surface area (Å²) in [6, 6.07) is 11.7. The van der Waals surface area contributed by atoms with E-state index >= 15 is 0 Å². The Balaban J connectivity index is 1.83. The Morgan fingerprint density at radius 3 is 2.90 bits per heavy atom. The first-order chi connectivity index (χ1) is 10.4. The van der Waals surface area contributed by atoms with Crippen molar-refractivity contribution in [2.75, 3.05) is 12.4 Å². The molecule has 6 heteroatoms. The van der Waals surface area contributed by atoms with Gasteiger partial charge >= 0.3 is 0 Å². The first-order valence-electron chi connectivity index (χ1n) is 6.54. The van der Waals surface area contributed by atoms with Gasteiger partial charge in [0.2, 0.25) is 0 Å². The van der Waals surface area contributed by atoms with E-state index < -0.39 is 0 Å². The summed E-state index contributed by atoms with van der Waals surface area (Å²) in [6.45, 7) is 0.636. The molecule has 3 aromatic rings. The van der Waals surface area contributed by atoms with Crippen LogP contribution in [0.1, 0.15) is 5.56 Å². The van der Waals surface area contributed by atoms with Crippen molar-refractivity contribution in [2.24, 2.45) is 0 Å². The Hall–Kier alpha value is -2.89. The minimum absolute atomic E-state index is 0.636. The summed E-state index contributed by atoms with van der Waals surface area (Å²) in [5.74, 6) is 1.57. The Bertz CT molecular complexity index is 712. The smallest absolute Gasteiger partial charge is 0.178 e. The molecule has 2 heterocycles. The number of hydrogen-bond donors (Lipinski definition) is 1. The first kappa shape index (κ1) is 13.1. The zero-order valence-corrected chi connectivity index (χ0v) is 11.6. The van der Waals surface area contributed by atoms with Crippen LogP contribution in [-0.4, -0.2) is 26.9 Å². The predicted molar refractivity (Wildman–Crippen MR) is 79.5 cm³/mol. The minimum atomic E-state index is 0.636. The maximum absolute atomic E-state index is 5.35. The Kier molecular flexibility index (Phi) is 3.77. The number of hydrogen-bond acceptors (Lipinski definition) is 5. The molecule has 0 atom stereocenters. The third-order valence-electron chi connectivity index (χ3n) is 3.08. The fraction of sp³-hybridized carbons (Fsp3) is 0.133. The molecule has 0 fully saturated rings. The van der Waals surface area contributed by atoms with Crippen LogP contribution < -0.4 is 10.1 Å². The van der Waals surface area contributed by atoms with Crippen LogP contribution in [0.4, 0.5) is 5.69 Å². The van der Waals surface area contributed by atoms with E-state index in [2.05, 4.69) is 20.4 Å². The maximum Gasteiger partial charge on any atom is 0.178 e. The van der Waals surface area contributed by atoms with Gasteiger partial charge in [0, 0.05) is 18.3 Å². The maximum atomic E-state index is 5.35. The van der Waals surface area contributed by atoms with Crippen molar-refractivity contribution in [1.82, 2.24) is 19.7 Å². The van der Waals surface area contributed by atoms with E-state index in [0.717, 1.165) is 17.0 Å². The number of anilines is 1. The summed E-state index contributed by atoms with van der Waals surface area (Å²) in [6.07, 6.45) is 4.83. The molecule has 2 aromatic heterocycles. The molecule has 0 aliphatic carbocycles. The van der Waals surface area contributed by atoms with Crippen molar-refractivity contribution in [2.45, 2.75) is 6.54 Å². The van der Waals surface area contributed by atoms with Crippen LogP contribution in [0, 0.1) is 0 Å². The monoisotopic (exact) mass is 281 g/mol. The zero-order valence-electron chi connectivity index (χ0n) is 11.6. The third-order valence-corrected chi connectivity index (χ3v) is 3.08. The van der Waals surface area contributed by atoms with Gasteiger partial charge in [0.1, 0.15) is 18.4 Å². The van der Waals surface area contributed by atoms with Gasteiger partial charge in [-0.1, -0.05) is 18.2 Å². The molecule has 0 unspecified atom stereocenters. The molecule has 1 N–H and O–H groups in total. The molecule has 21 heavy (non-hydrogen) atoms. The fourth-order valence-corrected chi connectivity index (χ4v) is 2.07. The van der Waals surface area contributed by atoms with Crippen LogP contribution in [0.25, 0.3) is 5.82 Å². The molecule has 0 amide bonds. The summed E-state index contributed by atoms with van der Waals surface area (Å²) < 4.78 is 6.98. The number of pyridine rings is 1. The third kappa shape index (κ3) is 2.84. The second kappa shape index (κ2) is 6.04. The molecule has 0 bridgehead atoms. The summed E-state index contributed by atoms with van der Waals surface area (Å²) in [5, 5.41) is 7.48. The van der Waals surface area contributed by atoms with Crippen LogP contribution in [0.15, 0.2) is 55.2 Å². The summed E-state index contributed by atoms with van der Waals surface area (Å²) in [7, 11) is 1.67. The Morgan fingerprint density at radius 1 is 1.19 bits per heavy atom. The normalized spacial score (nSPS) is 10.3. The van der Waals surface area contributed by atoms with Crippen LogP contribution in [0.3, 0.4) is 0 Å². The van der Waals surface area contributed by atoms with E-state index in [1.54, 1.807) is 24.3 Å². The second-order valence-electron chi connectivity index (χ2n) is 4.38. The summed E-state index contributed by atoms with van der Waals surface area (Å²) in [4.78, 5) is 8.29. The standard InChI is InChI=1S/C15H15N5O/c1-21-14-7-3-2-5-12(14)9-18-13-6-4-8-17-15(13)20-11-16-10-19-20/h2-8,10-11,18H,9H2,1H3. The number of methoxy groups -OCH3 is 1. The van der Waals surface area contributed by atoms with E-state index in [0.29, 0.717) is 12.4 Å². The molecule has 6 nitrogen and oxygen atoms in total. The molecule has 0 radical (unpaired) electrons. The van der Waals surface area contributed by atoms with Gasteiger partial charge in [-0.25, -0.2) is 14.6 Å². The zero-order chi connectivity index (χ0) is 14.5. The second-order valence-corrected chi connectivity index (χ2v) is 4.38. The number of rotatable bonds is 5. The van der Waals surface area contributed by atoms with E-state index in [1.807, 2.05) is 36.4 Å². The molecule has 0 saturated heterocycles. The highest BCUT2D eigenvalue weighted by molar-refractivity contribution is 5.56. The fourth-order valence-electron chi connectivity index (χ4n) is 2.07. The average Bonchev–Trinajstić information content (AvgIpc) is 3.08. The van der Waals surface area contributed by atoms with E-state index in [-0.39, 0.29) is 0 Å². The number of para-hydroxylation sites is 1. The van der Waals surface area contributed by atoms with Crippen LogP contribution in [-0.2, 0) is 6.54 Å². The van der Waals surface area contributed by atoms with Crippen molar-refractivity contribution in [3.8, 4) is 11.6 Å². The lowest BCUT2D eigenvalue weighted by atomic mass is 10.2. The van der Waals surface area contributed by atoms with Gasteiger partial charge in [-0.3, -0.25) is 0 Å². The topological polar surface area (TPSA) is 64.9 Å². The molecule has 0 spiro atoms. The number of nitrogens with zero attached hydrogens (tertiary/aromatic N) is 4. The first-order valence-corrected chi connectivity index (χ1v) is 6.54. The molecule has 106 valence electrons. The van der Waals surface area contributed by atoms with Crippen molar-refractivity contribution in [3.05, 3.63) is 60.8 Å². The van der Waals surface area contributed by atoms with Gasteiger partial charge in [0.25, 0.3) is 0 Å². The number of nitrogens with one attached hydrogen (secondary N) is 1. The van der Waals surface area contributed by atoms with Gasteiger partial charge in [0.05, 0.1) is 12.8 Å². The molecule has 3 rings (SSSR count). The van der Waals surface area contributed by atoms with Gasteiger partial charge in [-0.15, -0.1) is 0 Å². The molecule has 0 aliphatic heterocycles. The lowest BCUT2D eigenvalue weighted by molar-refractivity contribution is 0.410. The summed E-state index contributed by atoms with van der Waals surface area (Å²) in [5.41, 5.74) is 1.96. The van der Waals surface area contributed by atoms with Crippen molar-refractivity contribution >= 4 is 5.69 Å².